The highest BCUT2D eigenvalue weighted by Gasteiger charge is 2.47. The van der Waals surface area contributed by atoms with Crippen LogP contribution in [0.2, 0.25) is 0 Å². The van der Waals surface area contributed by atoms with Gasteiger partial charge in [-0.15, -0.1) is 0 Å². The van der Waals surface area contributed by atoms with Crippen LogP contribution in [0, 0.1) is 0 Å². The monoisotopic (exact) mass is 279 g/mol. The van der Waals surface area contributed by atoms with Crippen molar-refractivity contribution in [2.24, 2.45) is 0 Å². The van der Waals surface area contributed by atoms with E-state index in [9.17, 15) is 25.2 Å². The molecule has 4 unspecified atom stereocenters. The van der Waals surface area contributed by atoms with Crippen LogP contribution in [0.25, 0.3) is 0 Å². The number of hydrogen-bond donors (Lipinski definition) is 6. The molecular formula is C11H21NO7. The number of aliphatic hydroxyl groups is 5. The van der Waals surface area contributed by atoms with Gasteiger partial charge in [-0.1, -0.05) is 0 Å². The number of ether oxygens (including phenoxy) is 1. The zero-order valence-electron chi connectivity index (χ0n) is 10.9. The standard InChI is InChI=1S/C11H21NO7/c1-5(14)12-8-6(15)3-11(2,18)19-10(8)9(17)7(16)4-13/h6-10,13,15-18H,3-4H2,1-2H3,(H,12,14)/t6?,7?,8-,9?,10?,11-/m0/s1. The lowest BCUT2D eigenvalue weighted by Gasteiger charge is -2.45. The molecule has 1 aliphatic rings. The fraction of sp³-hybridized carbons (Fsp3) is 0.909. The fourth-order valence-corrected chi connectivity index (χ4v) is 2.17. The van der Waals surface area contributed by atoms with Crippen molar-refractivity contribution in [3.8, 4) is 0 Å². The molecular weight excluding hydrogens is 258 g/mol. The molecule has 112 valence electrons. The van der Waals surface area contributed by atoms with Gasteiger partial charge in [-0.3, -0.25) is 4.79 Å². The summed E-state index contributed by atoms with van der Waals surface area (Å²) in [5.74, 6) is -2.15. The molecule has 1 fully saturated rings. The molecule has 8 heteroatoms. The Morgan fingerprint density at radius 1 is 1.53 bits per heavy atom. The van der Waals surface area contributed by atoms with E-state index < -0.39 is 48.8 Å². The summed E-state index contributed by atoms with van der Waals surface area (Å²) in [6.07, 6.45) is -5.63. The summed E-state index contributed by atoms with van der Waals surface area (Å²) in [6, 6.07) is -0.992. The highest BCUT2D eigenvalue weighted by Crippen LogP contribution is 2.29. The Labute approximate surface area is 110 Å². The van der Waals surface area contributed by atoms with Crippen LogP contribution >= 0.6 is 0 Å². The van der Waals surface area contributed by atoms with Crippen LogP contribution < -0.4 is 5.32 Å². The van der Waals surface area contributed by atoms with E-state index in [1.165, 1.54) is 13.8 Å². The SMILES string of the molecule is CC(=O)N[C@H]1C(O)C[C@@](C)(O)OC1C(O)C(O)CO. The lowest BCUT2D eigenvalue weighted by Crippen LogP contribution is -2.65. The predicted octanol–water partition coefficient (Wildman–Crippen LogP) is -2.94. The van der Waals surface area contributed by atoms with Gasteiger partial charge >= 0.3 is 0 Å². The van der Waals surface area contributed by atoms with Gasteiger partial charge in [0.05, 0.1) is 18.8 Å². The lowest BCUT2D eigenvalue weighted by molar-refractivity contribution is -0.292. The van der Waals surface area contributed by atoms with Crippen molar-refractivity contribution < 1.29 is 35.1 Å². The molecule has 19 heavy (non-hydrogen) atoms. The van der Waals surface area contributed by atoms with Crippen molar-refractivity contribution in [2.45, 2.75) is 56.5 Å². The number of carbonyl (C=O) groups excluding carboxylic acids is 1. The van der Waals surface area contributed by atoms with Crippen LogP contribution in [-0.4, -0.2) is 74.3 Å². The van der Waals surface area contributed by atoms with E-state index in [0.717, 1.165) is 0 Å². The molecule has 0 spiro atoms. The summed E-state index contributed by atoms with van der Waals surface area (Å²) in [5, 5.41) is 50.3. The van der Waals surface area contributed by atoms with Crippen molar-refractivity contribution in [1.29, 1.82) is 0 Å². The van der Waals surface area contributed by atoms with Gasteiger partial charge in [-0.05, 0) is 6.92 Å². The van der Waals surface area contributed by atoms with E-state index in [1.807, 2.05) is 0 Å². The van der Waals surface area contributed by atoms with Crippen molar-refractivity contribution in [3.63, 3.8) is 0 Å². The molecule has 0 aliphatic carbocycles. The van der Waals surface area contributed by atoms with Crippen LogP contribution in [0.1, 0.15) is 20.3 Å². The second-order valence-electron chi connectivity index (χ2n) is 5.00. The molecule has 0 bridgehead atoms. The molecule has 1 saturated heterocycles. The Morgan fingerprint density at radius 2 is 2.11 bits per heavy atom. The maximum atomic E-state index is 11.1. The van der Waals surface area contributed by atoms with E-state index in [4.69, 9.17) is 9.84 Å². The van der Waals surface area contributed by atoms with Gasteiger partial charge in [-0.25, -0.2) is 0 Å². The predicted molar refractivity (Wildman–Crippen MR) is 62.8 cm³/mol. The highest BCUT2D eigenvalue weighted by atomic mass is 16.6. The zero-order chi connectivity index (χ0) is 14.8. The fourth-order valence-electron chi connectivity index (χ4n) is 2.17. The second kappa shape index (κ2) is 6.12. The minimum Gasteiger partial charge on any atom is -0.394 e. The Kier molecular flexibility index (Phi) is 5.25. The van der Waals surface area contributed by atoms with Crippen LogP contribution in [0.3, 0.4) is 0 Å². The van der Waals surface area contributed by atoms with Crippen LogP contribution in [0.15, 0.2) is 0 Å². The first-order chi connectivity index (χ1) is 8.68. The topological polar surface area (TPSA) is 139 Å². The van der Waals surface area contributed by atoms with E-state index in [2.05, 4.69) is 5.32 Å². The number of carbonyl (C=O) groups is 1. The summed E-state index contributed by atoms with van der Waals surface area (Å²) in [5.41, 5.74) is 0. The van der Waals surface area contributed by atoms with E-state index >= 15 is 0 Å². The Morgan fingerprint density at radius 3 is 2.58 bits per heavy atom. The number of nitrogens with one attached hydrogen (secondary N) is 1. The van der Waals surface area contributed by atoms with E-state index in [0.29, 0.717) is 0 Å². The quantitative estimate of drug-likeness (QED) is 0.323. The molecule has 6 N–H and O–H groups in total. The average Bonchev–Trinajstić information content (AvgIpc) is 2.29. The largest absolute Gasteiger partial charge is 0.394 e. The van der Waals surface area contributed by atoms with Gasteiger partial charge in [0.25, 0.3) is 0 Å². The van der Waals surface area contributed by atoms with Crippen molar-refractivity contribution in [2.75, 3.05) is 6.61 Å². The smallest absolute Gasteiger partial charge is 0.217 e. The van der Waals surface area contributed by atoms with E-state index in [1.54, 1.807) is 0 Å². The first-order valence-corrected chi connectivity index (χ1v) is 6.00. The first kappa shape index (κ1) is 16.3. The minimum absolute atomic E-state index is 0.156. The molecule has 1 amide bonds. The number of rotatable bonds is 4. The van der Waals surface area contributed by atoms with Gasteiger partial charge in [0, 0.05) is 13.3 Å². The molecule has 6 atom stereocenters. The normalized spacial score (nSPS) is 38.6. The molecule has 1 heterocycles. The third-order valence-electron chi connectivity index (χ3n) is 3.03. The maximum absolute atomic E-state index is 11.1. The van der Waals surface area contributed by atoms with Gasteiger partial charge < -0.3 is 35.6 Å². The molecule has 1 rings (SSSR count). The molecule has 0 aromatic carbocycles. The molecule has 0 saturated carbocycles. The number of aliphatic hydroxyl groups excluding tert-OH is 4. The molecule has 0 radical (unpaired) electrons. The number of hydrogen-bond acceptors (Lipinski definition) is 7. The lowest BCUT2D eigenvalue weighted by atomic mass is 9.89. The van der Waals surface area contributed by atoms with Gasteiger partial charge in [0.2, 0.25) is 5.91 Å². The van der Waals surface area contributed by atoms with Crippen LogP contribution in [0.4, 0.5) is 0 Å². The summed E-state index contributed by atoms with van der Waals surface area (Å²) in [7, 11) is 0. The summed E-state index contributed by atoms with van der Waals surface area (Å²) >= 11 is 0. The van der Waals surface area contributed by atoms with E-state index in [-0.39, 0.29) is 6.42 Å². The minimum atomic E-state index is -1.70. The first-order valence-electron chi connectivity index (χ1n) is 6.00. The summed E-state index contributed by atoms with van der Waals surface area (Å²) in [4.78, 5) is 11.1. The van der Waals surface area contributed by atoms with Gasteiger partial charge in [-0.2, -0.15) is 0 Å². The second-order valence-corrected chi connectivity index (χ2v) is 5.00. The van der Waals surface area contributed by atoms with Gasteiger partial charge in [0.1, 0.15) is 18.3 Å². The van der Waals surface area contributed by atoms with Crippen LogP contribution in [0.5, 0.6) is 0 Å². The molecule has 0 aromatic heterocycles. The third kappa shape index (κ3) is 4.10. The van der Waals surface area contributed by atoms with Crippen molar-refractivity contribution in [1.82, 2.24) is 5.32 Å². The Balaban J connectivity index is 2.93. The van der Waals surface area contributed by atoms with Crippen molar-refractivity contribution >= 4 is 5.91 Å². The third-order valence-corrected chi connectivity index (χ3v) is 3.03. The van der Waals surface area contributed by atoms with Crippen molar-refractivity contribution in [3.05, 3.63) is 0 Å². The van der Waals surface area contributed by atoms with Crippen LogP contribution in [-0.2, 0) is 9.53 Å². The highest BCUT2D eigenvalue weighted by molar-refractivity contribution is 5.73. The molecule has 8 nitrogen and oxygen atoms in total. The molecule has 1 aliphatic heterocycles. The molecule has 0 aromatic rings. The summed E-state index contributed by atoms with van der Waals surface area (Å²) in [6.45, 7) is 1.81. The number of amides is 1. The Bertz CT molecular complexity index is 322. The maximum Gasteiger partial charge on any atom is 0.217 e. The van der Waals surface area contributed by atoms with Gasteiger partial charge in [0.15, 0.2) is 5.79 Å². The summed E-state index contributed by atoms with van der Waals surface area (Å²) < 4.78 is 5.20. The zero-order valence-corrected chi connectivity index (χ0v) is 10.9. The average molecular weight is 279 g/mol. The Hall–Kier alpha value is -0.770.